The maximum atomic E-state index is 5.99. The van der Waals surface area contributed by atoms with Crippen molar-refractivity contribution in [1.29, 1.82) is 0 Å². The first-order chi connectivity index (χ1) is 9.20. The van der Waals surface area contributed by atoms with Gasteiger partial charge in [0.15, 0.2) is 0 Å². The number of rotatable bonds is 5. The Morgan fingerprint density at radius 2 is 2.05 bits per heavy atom. The van der Waals surface area contributed by atoms with E-state index in [1.54, 1.807) is 6.20 Å². The number of nitrogens with one attached hydrogen (secondary N) is 1. The molecule has 3 nitrogen and oxygen atoms in total. The van der Waals surface area contributed by atoms with E-state index in [1.807, 2.05) is 19.2 Å². The smallest absolute Gasteiger partial charge is 0.128 e. The highest BCUT2D eigenvalue weighted by Crippen LogP contribution is 2.25. The summed E-state index contributed by atoms with van der Waals surface area (Å²) in [6.45, 7) is 0. The van der Waals surface area contributed by atoms with Crippen LogP contribution in [0, 0.1) is 0 Å². The van der Waals surface area contributed by atoms with Gasteiger partial charge in [0.05, 0.1) is 5.02 Å². The van der Waals surface area contributed by atoms with Crippen LogP contribution in [0.3, 0.4) is 0 Å². The fourth-order valence-corrected chi connectivity index (χ4v) is 2.32. The Labute approximate surface area is 118 Å². The molecule has 1 heterocycles. The van der Waals surface area contributed by atoms with Gasteiger partial charge in [-0.05, 0) is 31.5 Å². The average Bonchev–Trinajstić information content (AvgIpc) is 2.44. The van der Waals surface area contributed by atoms with Crippen molar-refractivity contribution >= 4 is 17.4 Å². The SMILES string of the molecule is CNC(CCc1ccccc1)c1cc(Cl)cnc1N. The third-order valence-corrected chi connectivity index (χ3v) is 3.41. The molecule has 0 saturated heterocycles. The van der Waals surface area contributed by atoms with Crippen LogP contribution in [0.1, 0.15) is 23.6 Å². The van der Waals surface area contributed by atoms with Crippen LogP contribution in [-0.4, -0.2) is 12.0 Å². The molecule has 4 heteroatoms. The lowest BCUT2D eigenvalue weighted by Crippen LogP contribution is -2.19. The minimum absolute atomic E-state index is 0.159. The van der Waals surface area contributed by atoms with Crippen molar-refractivity contribution in [2.45, 2.75) is 18.9 Å². The van der Waals surface area contributed by atoms with Gasteiger partial charge in [-0.1, -0.05) is 41.9 Å². The Hall–Kier alpha value is -1.58. The first-order valence-electron chi connectivity index (χ1n) is 6.33. The number of aromatic nitrogens is 1. The Bertz CT molecular complexity index is 528. The van der Waals surface area contributed by atoms with Gasteiger partial charge in [0.1, 0.15) is 5.82 Å². The van der Waals surface area contributed by atoms with E-state index in [0.717, 1.165) is 18.4 Å². The van der Waals surface area contributed by atoms with Gasteiger partial charge in [-0.2, -0.15) is 0 Å². The second kappa shape index (κ2) is 6.55. The van der Waals surface area contributed by atoms with Crippen molar-refractivity contribution in [2.75, 3.05) is 12.8 Å². The van der Waals surface area contributed by atoms with Crippen molar-refractivity contribution in [3.8, 4) is 0 Å². The van der Waals surface area contributed by atoms with Crippen LogP contribution in [-0.2, 0) is 6.42 Å². The molecular formula is C15H18ClN3. The van der Waals surface area contributed by atoms with E-state index < -0.39 is 0 Å². The summed E-state index contributed by atoms with van der Waals surface area (Å²) in [5.74, 6) is 0.539. The molecule has 1 unspecified atom stereocenters. The number of halogens is 1. The molecule has 0 amide bonds. The minimum Gasteiger partial charge on any atom is -0.383 e. The lowest BCUT2D eigenvalue weighted by molar-refractivity contribution is 0.549. The second-order valence-electron chi connectivity index (χ2n) is 4.49. The van der Waals surface area contributed by atoms with Crippen LogP contribution < -0.4 is 11.1 Å². The molecule has 2 aromatic rings. The molecule has 0 aliphatic rings. The molecule has 19 heavy (non-hydrogen) atoms. The number of hydrogen-bond acceptors (Lipinski definition) is 3. The number of benzene rings is 1. The summed E-state index contributed by atoms with van der Waals surface area (Å²) >= 11 is 5.99. The van der Waals surface area contributed by atoms with Gasteiger partial charge >= 0.3 is 0 Å². The van der Waals surface area contributed by atoms with Crippen LogP contribution in [0.4, 0.5) is 5.82 Å². The third kappa shape index (κ3) is 3.69. The molecule has 1 atom stereocenters. The van der Waals surface area contributed by atoms with Gasteiger partial charge in [0, 0.05) is 17.8 Å². The van der Waals surface area contributed by atoms with Gasteiger partial charge in [0.2, 0.25) is 0 Å². The Kier molecular flexibility index (Phi) is 4.77. The Balaban J connectivity index is 2.10. The van der Waals surface area contributed by atoms with Crippen molar-refractivity contribution in [2.24, 2.45) is 0 Å². The first kappa shape index (κ1) is 13.8. The second-order valence-corrected chi connectivity index (χ2v) is 4.93. The van der Waals surface area contributed by atoms with Gasteiger partial charge in [-0.3, -0.25) is 0 Å². The molecule has 0 radical (unpaired) electrons. The molecule has 1 aromatic carbocycles. The predicted molar refractivity (Wildman–Crippen MR) is 80.2 cm³/mol. The quantitative estimate of drug-likeness (QED) is 0.881. The zero-order valence-electron chi connectivity index (χ0n) is 10.9. The summed E-state index contributed by atoms with van der Waals surface area (Å²) < 4.78 is 0. The zero-order valence-corrected chi connectivity index (χ0v) is 11.7. The fourth-order valence-electron chi connectivity index (χ4n) is 2.16. The van der Waals surface area contributed by atoms with E-state index in [9.17, 15) is 0 Å². The highest BCUT2D eigenvalue weighted by atomic mass is 35.5. The van der Waals surface area contributed by atoms with E-state index in [1.165, 1.54) is 5.56 Å². The number of nitrogen functional groups attached to an aromatic ring is 1. The molecule has 0 saturated carbocycles. The minimum atomic E-state index is 0.159. The van der Waals surface area contributed by atoms with E-state index in [4.69, 9.17) is 17.3 Å². The predicted octanol–water partition coefficient (Wildman–Crippen LogP) is 3.21. The molecule has 0 bridgehead atoms. The third-order valence-electron chi connectivity index (χ3n) is 3.20. The molecule has 0 spiro atoms. The van der Waals surface area contributed by atoms with E-state index in [2.05, 4.69) is 34.6 Å². The Morgan fingerprint density at radius 3 is 2.74 bits per heavy atom. The first-order valence-corrected chi connectivity index (χ1v) is 6.70. The van der Waals surface area contributed by atoms with Crippen LogP contribution in [0.2, 0.25) is 5.02 Å². The van der Waals surface area contributed by atoms with Gasteiger partial charge in [0.25, 0.3) is 0 Å². The van der Waals surface area contributed by atoms with Crippen molar-refractivity contribution in [3.05, 3.63) is 58.7 Å². The van der Waals surface area contributed by atoms with Gasteiger partial charge < -0.3 is 11.1 Å². The number of aryl methyl sites for hydroxylation is 1. The highest BCUT2D eigenvalue weighted by Gasteiger charge is 2.13. The zero-order chi connectivity index (χ0) is 13.7. The van der Waals surface area contributed by atoms with Gasteiger partial charge in [-0.15, -0.1) is 0 Å². The van der Waals surface area contributed by atoms with E-state index in [0.29, 0.717) is 10.8 Å². The highest BCUT2D eigenvalue weighted by molar-refractivity contribution is 6.30. The Morgan fingerprint density at radius 1 is 1.32 bits per heavy atom. The molecule has 2 rings (SSSR count). The number of hydrogen-bond donors (Lipinski definition) is 2. The van der Waals surface area contributed by atoms with Crippen LogP contribution in [0.5, 0.6) is 0 Å². The van der Waals surface area contributed by atoms with Crippen LogP contribution in [0.15, 0.2) is 42.6 Å². The summed E-state index contributed by atoms with van der Waals surface area (Å²) in [4.78, 5) is 4.11. The van der Waals surface area contributed by atoms with Crippen LogP contribution in [0.25, 0.3) is 0 Å². The average molecular weight is 276 g/mol. The number of anilines is 1. The van der Waals surface area contributed by atoms with E-state index >= 15 is 0 Å². The number of nitrogens with two attached hydrogens (primary N) is 1. The summed E-state index contributed by atoms with van der Waals surface area (Å²) in [5, 5.41) is 3.89. The maximum Gasteiger partial charge on any atom is 0.128 e. The molecule has 0 aliphatic heterocycles. The molecule has 3 N–H and O–H groups in total. The molecular weight excluding hydrogens is 258 g/mol. The lowest BCUT2D eigenvalue weighted by atomic mass is 9.99. The van der Waals surface area contributed by atoms with Crippen molar-refractivity contribution in [1.82, 2.24) is 10.3 Å². The van der Waals surface area contributed by atoms with Gasteiger partial charge in [-0.25, -0.2) is 4.98 Å². The summed E-state index contributed by atoms with van der Waals surface area (Å²) in [6, 6.07) is 12.4. The fraction of sp³-hybridized carbons (Fsp3) is 0.267. The lowest BCUT2D eigenvalue weighted by Gasteiger charge is -2.18. The molecule has 100 valence electrons. The summed E-state index contributed by atoms with van der Waals surface area (Å²) in [6.07, 6.45) is 3.51. The van der Waals surface area contributed by atoms with Crippen molar-refractivity contribution < 1.29 is 0 Å². The van der Waals surface area contributed by atoms with Crippen molar-refractivity contribution in [3.63, 3.8) is 0 Å². The largest absolute Gasteiger partial charge is 0.383 e. The number of pyridine rings is 1. The monoisotopic (exact) mass is 275 g/mol. The topological polar surface area (TPSA) is 50.9 Å². The standard InChI is InChI=1S/C15H18ClN3/c1-18-14(8-7-11-5-3-2-4-6-11)13-9-12(16)10-19-15(13)17/h2-6,9-10,14,18H,7-8H2,1H3,(H2,17,19). The molecule has 1 aromatic heterocycles. The number of nitrogens with zero attached hydrogens (tertiary/aromatic N) is 1. The van der Waals surface area contributed by atoms with Crippen LogP contribution >= 0.6 is 11.6 Å². The normalized spacial score (nSPS) is 12.3. The molecule has 0 aliphatic carbocycles. The summed E-state index contributed by atoms with van der Waals surface area (Å²) in [5.41, 5.74) is 8.20. The molecule has 0 fully saturated rings. The maximum absolute atomic E-state index is 5.99. The summed E-state index contributed by atoms with van der Waals surface area (Å²) in [7, 11) is 1.93. The van der Waals surface area contributed by atoms with E-state index in [-0.39, 0.29) is 6.04 Å².